The van der Waals surface area contributed by atoms with Crippen LogP contribution >= 0.6 is 11.6 Å². The molecule has 0 spiro atoms. The number of hydrogen-bond donors (Lipinski definition) is 3. The molecular weight excluding hydrogens is 508 g/mol. The van der Waals surface area contributed by atoms with Gasteiger partial charge in [0, 0.05) is 44.9 Å². The fourth-order valence-electron chi connectivity index (χ4n) is 7.04. The molecule has 3 rings (SSSR count). The molecule has 3 aliphatic rings. The van der Waals surface area contributed by atoms with Gasteiger partial charge in [-0.2, -0.15) is 0 Å². The Labute approximate surface area is 222 Å². The van der Waals surface area contributed by atoms with Gasteiger partial charge in [-0.15, -0.1) is 11.6 Å². The fourth-order valence-corrected chi connectivity index (χ4v) is 7.37. The van der Waals surface area contributed by atoms with E-state index in [-0.39, 0.29) is 25.2 Å². The second kappa shape index (κ2) is 10.6. The molecule has 1 saturated carbocycles. The van der Waals surface area contributed by atoms with E-state index in [4.69, 9.17) is 30.5 Å². The number of carbonyl (C=O) groups excluding carboxylic acids is 3. The van der Waals surface area contributed by atoms with Gasteiger partial charge in [-0.05, 0) is 32.6 Å². The average molecular weight is 549 g/mol. The molecule has 2 aliphatic heterocycles. The molecule has 0 amide bonds. The molecule has 1 aliphatic carbocycles. The Hall–Kier alpha value is -1.46. The molecule has 11 heteroatoms. The van der Waals surface area contributed by atoms with Gasteiger partial charge in [0.25, 0.3) is 0 Å². The van der Waals surface area contributed by atoms with Crippen molar-refractivity contribution in [2.45, 2.75) is 115 Å². The van der Waals surface area contributed by atoms with E-state index in [1.54, 1.807) is 6.92 Å². The van der Waals surface area contributed by atoms with Crippen molar-refractivity contribution in [3.8, 4) is 0 Å². The van der Waals surface area contributed by atoms with Crippen LogP contribution in [0.4, 0.5) is 0 Å². The molecule has 2 saturated heterocycles. The van der Waals surface area contributed by atoms with E-state index < -0.39 is 88.9 Å². The van der Waals surface area contributed by atoms with Crippen molar-refractivity contribution in [1.82, 2.24) is 0 Å². The lowest BCUT2D eigenvalue weighted by molar-refractivity contribution is -0.241. The molecular formula is C26H41ClO10. The van der Waals surface area contributed by atoms with Crippen molar-refractivity contribution in [2.24, 2.45) is 23.7 Å². The molecule has 0 unspecified atom stereocenters. The second-order valence-electron chi connectivity index (χ2n) is 11.8. The first-order valence-electron chi connectivity index (χ1n) is 12.9. The first-order chi connectivity index (χ1) is 17.0. The van der Waals surface area contributed by atoms with Gasteiger partial charge in [0.2, 0.25) is 0 Å². The van der Waals surface area contributed by atoms with Crippen LogP contribution in [0.5, 0.6) is 0 Å². The van der Waals surface area contributed by atoms with E-state index in [0.717, 1.165) is 0 Å². The fraction of sp³-hybridized carbons (Fsp3) is 0.885. The van der Waals surface area contributed by atoms with E-state index in [0.29, 0.717) is 0 Å². The van der Waals surface area contributed by atoms with Crippen LogP contribution < -0.4 is 0 Å². The minimum Gasteiger partial charge on any atom is -0.458 e. The maximum absolute atomic E-state index is 12.2. The molecule has 0 radical (unpaired) electrons. The monoisotopic (exact) mass is 548 g/mol. The van der Waals surface area contributed by atoms with Crippen molar-refractivity contribution in [3.05, 3.63) is 0 Å². The van der Waals surface area contributed by atoms with Gasteiger partial charge in [0.15, 0.2) is 6.10 Å². The number of esters is 3. The van der Waals surface area contributed by atoms with E-state index in [9.17, 15) is 29.7 Å². The Morgan fingerprint density at radius 2 is 1.65 bits per heavy atom. The number of hydrogen-bond acceptors (Lipinski definition) is 10. The van der Waals surface area contributed by atoms with Gasteiger partial charge in [0.05, 0.1) is 23.7 Å². The Balaban J connectivity index is 2.30. The number of carbonyl (C=O) groups is 3. The van der Waals surface area contributed by atoms with E-state index in [1.807, 2.05) is 13.8 Å². The third kappa shape index (κ3) is 5.50. The van der Waals surface area contributed by atoms with Crippen LogP contribution in [-0.4, -0.2) is 86.4 Å². The van der Waals surface area contributed by atoms with Gasteiger partial charge in [-0.3, -0.25) is 14.4 Å². The highest BCUT2D eigenvalue weighted by atomic mass is 35.5. The summed E-state index contributed by atoms with van der Waals surface area (Å²) in [6.45, 7) is 10.8. The SMILES string of the molecule is CC(=O)O[C@H]1[C@H](C(C)C)[C@@H]2[C@@H]([C@H]3C[C@](C)(O)[C@@H](O)CC[C@@](C)(OC(C)=O)[C@@H]2O3)[C@](O)(CCl)[C@H]1OC(C)=O. The van der Waals surface area contributed by atoms with Crippen molar-refractivity contribution >= 4 is 29.5 Å². The van der Waals surface area contributed by atoms with E-state index in [1.165, 1.54) is 27.7 Å². The Kier molecular flexibility index (Phi) is 8.62. The van der Waals surface area contributed by atoms with Crippen LogP contribution in [0.3, 0.4) is 0 Å². The Bertz CT molecular complexity index is 893. The van der Waals surface area contributed by atoms with Gasteiger partial charge in [-0.25, -0.2) is 0 Å². The minimum atomic E-state index is -1.93. The zero-order valence-corrected chi connectivity index (χ0v) is 23.4. The average Bonchev–Trinajstić information content (AvgIpc) is 3.13. The Morgan fingerprint density at radius 3 is 2.14 bits per heavy atom. The normalized spacial score (nSPS) is 45.7. The molecule has 37 heavy (non-hydrogen) atoms. The summed E-state index contributed by atoms with van der Waals surface area (Å²) in [5.74, 6) is -4.29. The predicted molar refractivity (Wildman–Crippen MR) is 131 cm³/mol. The molecule has 0 aromatic heterocycles. The summed E-state index contributed by atoms with van der Waals surface area (Å²) in [5, 5.41) is 34.3. The Morgan fingerprint density at radius 1 is 1.05 bits per heavy atom. The number of aliphatic hydroxyl groups is 3. The van der Waals surface area contributed by atoms with Crippen molar-refractivity contribution in [1.29, 1.82) is 0 Å². The highest BCUT2D eigenvalue weighted by Gasteiger charge is 2.71. The standard InChI is InChI=1S/C26H41ClO10/c1-12(2)18-19-20(26(33,11-27)23(35-14(4)29)21(18)34-13(3)28)16-10-24(6,32)17(31)8-9-25(7,22(19)36-16)37-15(5)30/h12,16-23,31-33H,8-11H2,1-7H3/t16-,17+,18-,19-,20-,21+,22-,23+,24+,25-,26-/m1/s1. The summed E-state index contributed by atoms with van der Waals surface area (Å²) in [4.78, 5) is 36.7. The van der Waals surface area contributed by atoms with Gasteiger partial charge in [0.1, 0.15) is 23.4 Å². The lowest BCUT2D eigenvalue weighted by Crippen LogP contribution is -2.70. The van der Waals surface area contributed by atoms with Crippen LogP contribution in [0.1, 0.15) is 67.7 Å². The highest BCUT2D eigenvalue weighted by Crippen LogP contribution is 2.59. The molecule has 3 N–H and O–H groups in total. The molecule has 0 aromatic rings. The number of fused-ring (bicyclic) bond motifs is 5. The number of aliphatic hydroxyl groups excluding tert-OH is 1. The van der Waals surface area contributed by atoms with Gasteiger partial charge in [-0.1, -0.05) is 13.8 Å². The third-order valence-corrected chi connectivity index (χ3v) is 8.91. The van der Waals surface area contributed by atoms with Crippen molar-refractivity contribution < 1.29 is 48.7 Å². The highest BCUT2D eigenvalue weighted by molar-refractivity contribution is 6.18. The number of halogens is 1. The maximum atomic E-state index is 12.2. The van der Waals surface area contributed by atoms with Gasteiger partial charge >= 0.3 is 17.9 Å². The van der Waals surface area contributed by atoms with Crippen LogP contribution in [0.2, 0.25) is 0 Å². The zero-order chi connectivity index (χ0) is 28.1. The summed E-state index contributed by atoms with van der Waals surface area (Å²) in [7, 11) is 0. The molecule has 2 bridgehead atoms. The number of rotatable bonds is 5. The summed E-state index contributed by atoms with van der Waals surface area (Å²) < 4.78 is 23.8. The van der Waals surface area contributed by atoms with E-state index in [2.05, 4.69) is 0 Å². The summed E-state index contributed by atoms with van der Waals surface area (Å²) >= 11 is 6.42. The largest absolute Gasteiger partial charge is 0.458 e. The smallest absolute Gasteiger partial charge is 0.303 e. The van der Waals surface area contributed by atoms with Crippen LogP contribution in [0.15, 0.2) is 0 Å². The van der Waals surface area contributed by atoms with Crippen molar-refractivity contribution in [3.63, 3.8) is 0 Å². The van der Waals surface area contributed by atoms with Crippen molar-refractivity contribution in [2.75, 3.05) is 5.88 Å². The predicted octanol–water partition coefficient (Wildman–Crippen LogP) is 1.72. The summed E-state index contributed by atoms with van der Waals surface area (Å²) in [6.07, 6.45) is -4.95. The third-order valence-electron chi connectivity index (χ3n) is 8.48. The van der Waals surface area contributed by atoms with Crippen LogP contribution in [-0.2, 0) is 33.3 Å². The minimum absolute atomic E-state index is 0.0585. The molecule has 11 atom stereocenters. The second-order valence-corrected chi connectivity index (χ2v) is 12.0. The van der Waals surface area contributed by atoms with Gasteiger partial charge < -0.3 is 34.3 Å². The molecule has 212 valence electrons. The lowest BCUT2D eigenvalue weighted by Gasteiger charge is -2.55. The molecule has 0 aromatic carbocycles. The molecule has 3 fully saturated rings. The number of alkyl halides is 1. The first-order valence-corrected chi connectivity index (χ1v) is 13.4. The summed E-state index contributed by atoms with van der Waals surface area (Å²) in [5.41, 5.74) is -4.78. The van der Waals surface area contributed by atoms with Crippen LogP contribution in [0.25, 0.3) is 0 Å². The maximum Gasteiger partial charge on any atom is 0.303 e. The summed E-state index contributed by atoms with van der Waals surface area (Å²) in [6, 6.07) is 0. The lowest BCUT2D eigenvalue weighted by atomic mass is 9.55. The zero-order valence-electron chi connectivity index (χ0n) is 22.6. The molecule has 2 heterocycles. The number of ether oxygens (including phenoxy) is 4. The van der Waals surface area contributed by atoms with Crippen LogP contribution in [0, 0.1) is 23.7 Å². The van der Waals surface area contributed by atoms with E-state index >= 15 is 0 Å². The first kappa shape index (κ1) is 30.1. The molecule has 10 nitrogen and oxygen atoms in total. The quantitative estimate of drug-likeness (QED) is 0.263. The topological polar surface area (TPSA) is 149 Å².